The highest BCUT2D eigenvalue weighted by Gasteiger charge is 2.35. The van der Waals surface area contributed by atoms with Crippen LogP contribution in [0.3, 0.4) is 0 Å². The van der Waals surface area contributed by atoms with Crippen LogP contribution >= 0.6 is 22.6 Å². The zero-order valence-corrected chi connectivity index (χ0v) is 9.83. The van der Waals surface area contributed by atoms with E-state index in [9.17, 15) is 0 Å². The van der Waals surface area contributed by atoms with Crippen molar-refractivity contribution in [2.75, 3.05) is 0 Å². The highest BCUT2D eigenvalue weighted by atomic mass is 127. The molecule has 0 aromatic carbocycles. The van der Waals surface area contributed by atoms with Gasteiger partial charge in [-0.2, -0.15) is 0 Å². The topological polar surface area (TPSA) is 9.23 Å². The van der Waals surface area contributed by atoms with Crippen LogP contribution in [0.15, 0.2) is 0 Å². The Morgan fingerprint density at radius 2 is 1.27 bits per heavy atom. The van der Waals surface area contributed by atoms with Gasteiger partial charge in [-0.25, -0.2) is 0 Å². The van der Waals surface area contributed by atoms with Crippen LogP contribution in [0.25, 0.3) is 0 Å². The van der Waals surface area contributed by atoms with Crippen LogP contribution in [-0.2, 0) is 4.74 Å². The summed E-state index contributed by atoms with van der Waals surface area (Å²) in [5.41, 5.74) is 0. The molecule has 0 radical (unpaired) electrons. The Labute approximate surface area is 83.0 Å². The molecule has 4 atom stereocenters. The summed E-state index contributed by atoms with van der Waals surface area (Å²) < 4.78 is 6.55. The first-order valence-electron chi connectivity index (χ1n) is 4.33. The van der Waals surface area contributed by atoms with E-state index in [0.29, 0.717) is 24.0 Å². The predicted molar refractivity (Wildman–Crippen MR) is 56.1 cm³/mol. The lowest BCUT2D eigenvalue weighted by Gasteiger charge is -2.40. The second kappa shape index (κ2) is 3.60. The van der Waals surface area contributed by atoms with Crippen molar-refractivity contribution < 1.29 is 4.74 Å². The average Bonchev–Trinajstić information content (AvgIpc) is 1.97. The van der Waals surface area contributed by atoms with Gasteiger partial charge >= 0.3 is 0 Å². The standard InChI is InChI=1S/C9H17IO/c1-5-7(3)11-8(4)6(2)9(5)10/h5-9H,1-4H3. The minimum atomic E-state index is 0.433. The molecule has 0 spiro atoms. The Kier molecular flexibility index (Phi) is 3.20. The van der Waals surface area contributed by atoms with Gasteiger partial charge in [-0.05, 0) is 25.7 Å². The van der Waals surface area contributed by atoms with Crippen molar-refractivity contribution in [1.82, 2.24) is 0 Å². The van der Waals surface area contributed by atoms with Gasteiger partial charge in [0.05, 0.1) is 12.2 Å². The van der Waals surface area contributed by atoms with Crippen molar-refractivity contribution in [3.63, 3.8) is 0 Å². The van der Waals surface area contributed by atoms with Gasteiger partial charge in [0.2, 0.25) is 0 Å². The van der Waals surface area contributed by atoms with E-state index in [4.69, 9.17) is 4.74 Å². The number of hydrogen-bond acceptors (Lipinski definition) is 1. The summed E-state index contributed by atoms with van der Waals surface area (Å²) >= 11 is 2.56. The third-order valence-electron chi connectivity index (χ3n) is 2.91. The molecule has 1 saturated heterocycles. The molecule has 66 valence electrons. The summed E-state index contributed by atoms with van der Waals surface area (Å²) in [6.45, 7) is 8.92. The van der Waals surface area contributed by atoms with Crippen molar-refractivity contribution in [1.29, 1.82) is 0 Å². The smallest absolute Gasteiger partial charge is 0.0586 e. The monoisotopic (exact) mass is 268 g/mol. The van der Waals surface area contributed by atoms with Gasteiger partial charge in [0, 0.05) is 3.92 Å². The highest BCUT2D eigenvalue weighted by Crippen LogP contribution is 2.34. The number of halogens is 1. The van der Waals surface area contributed by atoms with Crippen LogP contribution < -0.4 is 0 Å². The average molecular weight is 268 g/mol. The molecule has 11 heavy (non-hydrogen) atoms. The summed E-state index contributed by atoms with van der Waals surface area (Å²) in [5.74, 6) is 1.39. The largest absolute Gasteiger partial charge is 0.375 e. The van der Waals surface area contributed by atoms with Crippen molar-refractivity contribution in [2.45, 2.75) is 43.8 Å². The van der Waals surface area contributed by atoms with Crippen molar-refractivity contribution in [3.05, 3.63) is 0 Å². The van der Waals surface area contributed by atoms with Crippen LogP contribution in [0.5, 0.6) is 0 Å². The van der Waals surface area contributed by atoms with Crippen LogP contribution in [0.2, 0.25) is 0 Å². The van der Waals surface area contributed by atoms with E-state index in [1.165, 1.54) is 0 Å². The second-order valence-electron chi connectivity index (χ2n) is 3.71. The van der Waals surface area contributed by atoms with Gasteiger partial charge in [0.1, 0.15) is 0 Å². The molecule has 0 aromatic heterocycles. The predicted octanol–water partition coefficient (Wildman–Crippen LogP) is 2.87. The van der Waals surface area contributed by atoms with Gasteiger partial charge in [0.15, 0.2) is 0 Å². The Morgan fingerprint density at radius 1 is 0.909 bits per heavy atom. The van der Waals surface area contributed by atoms with Gasteiger partial charge < -0.3 is 4.74 Å². The molecule has 4 unspecified atom stereocenters. The summed E-state index contributed by atoms with van der Waals surface area (Å²) in [6.07, 6.45) is 0.867. The Balaban J connectivity index is 2.63. The van der Waals surface area contributed by atoms with Crippen molar-refractivity contribution in [2.24, 2.45) is 11.8 Å². The molecule has 0 bridgehead atoms. The van der Waals surface area contributed by atoms with Gasteiger partial charge in [-0.3, -0.25) is 0 Å². The molecule has 0 aromatic rings. The number of ether oxygens (including phenoxy) is 1. The first-order chi connectivity index (χ1) is 5.04. The molecule has 0 N–H and O–H groups in total. The number of alkyl halides is 1. The highest BCUT2D eigenvalue weighted by molar-refractivity contribution is 14.1. The molecule has 1 rings (SSSR count). The molecular weight excluding hydrogens is 251 g/mol. The first-order valence-corrected chi connectivity index (χ1v) is 5.58. The van der Waals surface area contributed by atoms with E-state index in [1.54, 1.807) is 0 Å². The van der Waals surface area contributed by atoms with E-state index in [-0.39, 0.29) is 0 Å². The zero-order chi connectivity index (χ0) is 8.59. The zero-order valence-electron chi connectivity index (χ0n) is 7.67. The molecule has 1 heterocycles. The van der Waals surface area contributed by atoms with Crippen LogP contribution in [0, 0.1) is 11.8 Å². The second-order valence-corrected chi connectivity index (χ2v) is 5.15. The summed E-state index contributed by atoms with van der Waals surface area (Å²) in [7, 11) is 0. The quantitative estimate of drug-likeness (QED) is 0.485. The Morgan fingerprint density at radius 3 is 1.64 bits per heavy atom. The molecule has 1 aliphatic rings. The van der Waals surface area contributed by atoms with E-state index in [0.717, 1.165) is 3.92 Å². The molecule has 0 amide bonds. The van der Waals surface area contributed by atoms with Gasteiger partial charge in [0.25, 0.3) is 0 Å². The third kappa shape index (κ3) is 1.89. The molecule has 1 aliphatic heterocycles. The summed E-state index contributed by atoms with van der Waals surface area (Å²) in [6, 6.07) is 0. The molecule has 0 saturated carbocycles. The SMILES string of the molecule is CC1OC(C)C(C)C(I)C1C. The summed E-state index contributed by atoms with van der Waals surface area (Å²) in [4.78, 5) is 0. The van der Waals surface area contributed by atoms with Gasteiger partial charge in [-0.15, -0.1) is 0 Å². The normalized spacial score (nSPS) is 52.6. The Bertz CT molecular complexity index is 124. The third-order valence-corrected chi connectivity index (χ3v) is 5.18. The fourth-order valence-corrected chi connectivity index (χ4v) is 2.75. The van der Waals surface area contributed by atoms with E-state index >= 15 is 0 Å². The molecule has 1 fully saturated rings. The van der Waals surface area contributed by atoms with Gasteiger partial charge in [-0.1, -0.05) is 36.4 Å². The lowest BCUT2D eigenvalue weighted by atomic mass is 9.87. The molecular formula is C9H17IO. The van der Waals surface area contributed by atoms with E-state index in [1.807, 2.05) is 0 Å². The van der Waals surface area contributed by atoms with E-state index < -0.39 is 0 Å². The lowest BCUT2D eigenvalue weighted by Crippen LogP contribution is -2.43. The van der Waals surface area contributed by atoms with Crippen molar-refractivity contribution >= 4 is 22.6 Å². The van der Waals surface area contributed by atoms with E-state index in [2.05, 4.69) is 50.3 Å². The number of hydrogen-bond donors (Lipinski definition) is 0. The Hall–Kier alpha value is 0.690. The molecule has 2 heteroatoms. The maximum atomic E-state index is 5.78. The van der Waals surface area contributed by atoms with Crippen LogP contribution in [-0.4, -0.2) is 16.1 Å². The fraction of sp³-hybridized carbons (Fsp3) is 1.00. The molecule has 1 nitrogen and oxygen atoms in total. The fourth-order valence-electron chi connectivity index (χ4n) is 1.58. The number of rotatable bonds is 0. The minimum absolute atomic E-state index is 0.433. The van der Waals surface area contributed by atoms with Crippen LogP contribution in [0.4, 0.5) is 0 Å². The maximum Gasteiger partial charge on any atom is 0.0586 e. The van der Waals surface area contributed by atoms with Crippen LogP contribution in [0.1, 0.15) is 27.7 Å². The molecule has 0 aliphatic carbocycles. The lowest BCUT2D eigenvalue weighted by molar-refractivity contribution is -0.0816. The minimum Gasteiger partial charge on any atom is -0.375 e. The maximum absolute atomic E-state index is 5.78. The summed E-state index contributed by atoms with van der Waals surface area (Å²) in [5, 5.41) is 0. The van der Waals surface area contributed by atoms with Crippen molar-refractivity contribution in [3.8, 4) is 0 Å². The first kappa shape index (κ1) is 9.78.